The Morgan fingerprint density at radius 3 is 3.10 bits per heavy atom. The minimum absolute atomic E-state index is 0.0993. The molecule has 1 saturated heterocycles. The van der Waals surface area contributed by atoms with Crippen LogP contribution in [-0.2, 0) is 11.2 Å². The maximum Gasteiger partial charge on any atom is 0.230 e. The van der Waals surface area contributed by atoms with E-state index in [2.05, 4.69) is 12.2 Å². The van der Waals surface area contributed by atoms with Gasteiger partial charge in [0, 0.05) is 24.2 Å². The van der Waals surface area contributed by atoms with E-state index in [1.54, 1.807) is 12.1 Å². The standard InChI is InChI=1S/C16H21FN2O/c1-11-9-13(6-7-18-11)16(20)19-8-2-3-12-10-14(17)4-5-15(12)19/h4-5,10-11,13,18H,2-3,6-9H2,1H3/t11-,13-/m0/s1. The van der Waals surface area contributed by atoms with Crippen LogP contribution in [0.2, 0.25) is 0 Å². The van der Waals surface area contributed by atoms with Crippen molar-refractivity contribution in [3.8, 4) is 0 Å². The quantitative estimate of drug-likeness (QED) is 0.854. The van der Waals surface area contributed by atoms with E-state index in [9.17, 15) is 9.18 Å². The van der Waals surface area contributed by atoms with E-state index in [1.807, 2.05) is 4.90 Å². The molecule has 2 atom stereocenters. The molecule has 1 amide bonds. The summed E-state index contributed by atoms with van der Waals surface area (Å²) in [6.07, 6.45) is 3.57. The number of anilines is 1. The number of nitrogens with zero attached hydrogens (tertiary/aromatic N) is 1. The number of benzene rings is 1. The lowest BCUT2D eigenvalue weighted by atomic mass is 9.90. The molecule has 1 aromatic rings. The maximum atomic E-state index is 13.3. The van der Waals surface area contributed by atoms with Crippen LogP contribution < -0.4 is 10.2 Å². The average Bonchev–Trinajstić information content (AvgIpc) is 2.45. The van der Waals surface area contributed by atoms with Crippen molar-refractivity contribution in [1.82, 2.24) is 5.32 Å². The molecule has 2 heterocycles. The van der Waals surface area contributed by atoms with Crippen LogP contribution in [0, 0.1) is 11.7 Å². The van der Waals surface area contributed by atoms with Crippen LogP contribution in [0.1, 0.15) is 31.7 Å². The van der Waals surface area contributed by atoms with Crippen molar-refractivity contribution >= 4 is 11.6 Å². The van der Waals surface area contributed by atoms with E-state index in [4.69, 9.17) is 0 Å². The summed E-state index contributed by atoms with van der Waals surface area (Å²) >= 11 is 0. The first kappa shape index (κ1) is 13.6. The fourth-order valence-corrected chi connectivity index (χ4v) is 3.37. The van der Waals surface area contributed by atoms with E-state index < -0.39 is 0 Å². The monoisotopic (exact) mass is 276 g/mol. The predicted octanol–water partition coefficient (Wildman–Crippen LogP) is 2.49. The van der Waals surface area contributed by atoms with E-state index in [-0.39, 0.29) is 17.6 Å². The highest BCUT2D eigenvalue weighted by Crippen LogP contribution is 2.30. The van der Waals surface area contributed by atoms with Gasteiger partial charge in [-0.05, 0) is 62.9 Å². The van der Waals surface area contributed by atoms with Crippen molar-refractivity contribution in [2.45, 2.75) is 38.6 Å². The number of piperidine rings is 1. The zero-order chi connectivity index (χ0) is 14.1. The number of rotatable bonds is 1. The van der Waals surface area contributed by atoms with Crippen molar-refractivity contribution in [3.63, 3.8) is 0 Å². The molecule has 1 N–H and O–H groups in total. The van der Waals surface area contributed by atoms with Gasteiger partial charge in [0.15, 0.2) is 0 Å². The maximum absolute atomic E-state index is 13.3. The molecule has 20 heavy (non-hydrogen) atoms. The molecule has 2 aliphatic heterocycles. The van der Waals surface area contributed by atoms with Crippen LogP contribution in [0.15, 0.2) is 18.2 Å². The molecular weight excluding hydrogens is 255 g/mol. The summed E-state index contributed by atoms with van der Waals surface area (Å²) in [6, 6.07) is 5.18. The number of fused-ring (bicyclic) bond motifs is 1. The largest absolute Gasteiger partial charge is 0.314 e. The molecule has 0 radical (unpaired) electrons. The van der Waals surface area contributed by atoms with Gasteiger partial charge in [-0.1, -0.05) is 0 Å². The molecule has 0 unspecified atom stereocenters. The Bertz CT molecular complexity index is 517. The molecule has 2 aliphatic rings. The molecule has 4 heteroatoms. The number of hydrogen-bond donors (Lipinski definition) is 1. The smallest absolute Gasteiger partial charge is 0.230 e. The highest BCUT2D eigenvalue weighted by Gasteiger charge is 2.31. The van der Waals surface area contributed by atoms with Crippen molar-refractivity contribution in [1.29, 1.82) is 0 Å². The van der Waals surface area contributed by atoms with Crippen LogP contribution in [0.4, 0.5) is 10.1 Å². The number of nitrogens with one attached hydrogen (secondary N) is 1. The van der Waals surface area contributed by atoms with Gasteiger partial charge in [-0.3, -0.25) is 4.79 Å². The molecule has 1 aromatic carbocycles. The number of aryl methyl sites for hydroxylation is 1. The van der Waals surface area contributed by atoms with E-state index >= 15 is 0 Å². The minimum atomic E-state index is -0.214. The Morgan fingerprint density at radius 1 is 1.45 bits per heavy atom. The minimum Gasteiger partial charge on any atom is -0.314 e. The summed E-state index contributed by atoms with van der Waals surface area (Å²) in [5.74, 6) is 0.0988. The summed E-state index contributed by atoms with van der Waals surface area (Å²) in [4.78, 5) is 14.6. The Hall–Kier alpha value is -1.42. The van der Waals surface area contributed by atoms with Gasteiger partial charge in [-0.25, -0.2) is 4.39 Å². The number of hydrogen-bond acceptors (Lipinski definition) is 2. The predicted molar refractivity (Wildman–Crippen MR) is 77.3 cm³/mol. The van der Waals surface area contributed by atoms with Gasteiger partial charge in [-0.2, -0.15) is 0 Å². The first-order chi connectivity index (χ1) is 9.65. The van der Waals surface area contributed by atoms with Gasteiger partial charge >= 0.3 is 0 Å². The van der Waals surface area contributed by atoms with E-state index in [0.717, 1.165) is 50.0 Å². The summed E-state index contributed by atoms with van der Waals surface area (Å²) in [6.45, 7) is 3.79. The van der Waals surface area contributed by atoms with Gasteiger partial charge in [0.25, 0.3) is 0 Å². The highest BCUT2D eigenvalue weighted by molar-refractivity contribution is 5.96. The van der Waals surface area contributed by atoms with Crippen molar-refractivity contribution in [2.75, 3.05) is 18.0 Å². The summed E-state index contributed by atoms with van der Waals surface area (Å²) in [5, 5.41) is 3.38. The molecule has 0 saturated carbocycles. The van der Waals surface area contributed by atoms with Gasteiger partial charge in [-0.15, -0.1) is 0 Å². The molecular formula is C16H21FN2O. The second-order valence-corrected chi connectivity index (χ2v) is 5.94. The topological polar surface area (TPSA) is 32.3 Å². The summed E-state index contributed by atoms with van der Waals surface area (Å²) in [7, 11) is 0. The first-order valence-electron chi connectivity index (χ1n) is 7.48. The lowest BCUT2D eigenvalue weighted by Crippen LogP contribution is -2.45. The fourth-order valence-electron chi connectivity index (χ4n) is 3.37. The Balaban J connectivity index is 1.83. The molecule has 3 nitrogen and oxygen atoms in total. The number of amides is 1. The zero-order valence-corrected chi connectivity index (χ0v) is 11.9. The molecule has 108 valence electrons. The van der Waals surface area contributed by atoms with Gasteiger partial charge < -0.3 is 10.2 Å². The lowest BCUT2D eigenvalue weighted by molar-refractivity contribution is -0.123. The third-order valence-corrected chi connectivity index (χ3v) is 4.40. The fraction of sp³-hybridized carbons (Fsp3) is 0.562. The van der Waals surface area contributed by atoms with Gasteiger partial charge in [0.2, 0.25) is 5.91 Å². The van der Waals surface area contributed by atoms with E-state index in [0.29, 0.717) is 6.04 Å². The second kappa shape index (κ2) is 5.52. The normalized spacial score (nSPS) is 26.2. The number of carbonyl (C=O) groups is 1. The highest BCUT2D eigenvalue weighted by atomic mass is 19.1. The van der Waals surface area contributed by atoms with E-state index in [1.165, 1.54) is 6.07 Å². The summed E-state index contributed by atoms with van der Waals surface area (Å²) < 4.78 is 13.3. The van der Waals surface area contributed by atoms with Crippen LogP contribution in [-0.4, -0.2) is 25.0 Å². The molecule has 1 fully saturated rings. The molecule has 0 bridgehead atoms. The average molecular weight is 276 g/mol. The molecule has 0 aliphatic carbocycles. The third kappa shape index (κ3) is 2.57. The molecule has 3 rings (SSSR count). The van der Waals surface area contributed by atoms with Crippen LogP contribution >= 0.6 is 0 Å². The van der Waals surface area contributed by atoms with Crippen LogP contribution in [0.25, 0.3) is 0 Å². The van der Waals surface area contributed by atoms with Crippen molar-refractivity contribution in [3.05, 3.63) is 29.6 Å². The van der Waals surface area contributed by atoms with Crippen molar-refractivity contribution in [2.24, 2.45) is 5.92 Å². The molecule has 0 aromatic heterocycles. The van der Waals surface area contributed by atoms with Gasteiger partial charge in [0.1, 0.15) is 5.82 Å². The second-order valence-electron chi connectivity index (χ2n) is 5.94. The van der Waals surface area contributed by atoms with Crippen LogP contribution in [0.3, 0.4) is 0 Å². The Morgan fingerprint density at radius 2 is 2.30 bits per heavy atom. The van der Waals surface area contributed by atoms with Crippen molar-refractivity contribution < 1.29 is 9.18 Å². The zero-order valence-electron chi connectivity index (χ0n) is 11.9. The Kier molecular flexibility index (Phi) is 3.74. The number of halogens is 1. The Labute approximate surface area is 119 Å². The van der Waals surface area contributed by atoms with Crippen LogP contribution in [0.5, 0.6) is 0 Å². The van der Waals surface area contributed by atoms with Gasteiger partial charge in [0.05, 0.1) is 0 Å². The first-order valence-corrected chi connectivity index (χ1v) is 7.48. The molecule has 0 spiro atoms. The lowest BCUT2D eigenvalue weighted by Gasteiger charge is -2.35. The number of carbonyl (C=O) groups excluding carboxylic acids is 1. The third-order valence-electron chi connectivity index (χ3n) is 4.40. The summed E-state index contributed by atoms with van der Waals surface area (Å²) in [5.41, 5.74) is 1.88. The SMILES string of the molecule is C[C@H]1C[C@@H](C(=O)N2CCCc3cc(F)ccc32)CCN1.